The molecule has 2 heterocycles. The van der Waals surface area contributed by atoms with Crippen molar-refractivity contribution in [1.29, 1.82) is 0 Å². The second kappa shape index (κ2) is 5.87. The number of nitrogens with two attached hydrogens (primary N) is 1. The average Bonchev–Trinajstić information content (AvgIpc) is 2.96. The van der Waals surface area contributed by atoms with E-state index in [2.05, 4.69) is 4.98 Å². The Hall–Kier alpha value is -1.85. The van der Waals surface area contributed by atoms with Crippen LogP contribution in [0.2, 0.25) is 5.02 Å². The number of piperidine rings is 1. The number of oxazole rings is 1. The maximum atomic E-state index is 12.6. The Balaban J connectivity index is 1.92. The lowest BCUT2D eigenvalue weighted by Crippen LogP contribution is -2.45. The van der Waals surface area contributed by atoms with Gasteiger partial charge in [0, 0.05) is 24.7 Å². The van der Waals surface area contributed by atoms with E-state index >= 15 is 0 Å². The highest BCUT2D eigenvalue weighted by molar-refractivity contribution is 6.33. The molecule has 110 valence electrons. The number of benzene rings is 1. The summed E-state index contributed by atoms with van der Waals surface area (Å²) in [7, 11) is 0. The molecule has 1 aliphatic rings. The fraction of sp³-hybridized carbons (Fsp3) is 0.333. The SMILES string of the molecule is NC1CCCN(C(=O)c2ncoc2-c2ccccc2Cl)C1. The number of aromatic nitrogens is 1. The molecule has 2 N–H and O–H groups in total. The summed E-state index contributed by atoms with van der Waals surface area (Å²) >= 11 is 6.17. The number of hydrogen-bond acceptors (Lipinski definition) is 4. The van der Waals surface area contributed by atoms with Gasteiger partial charge >= 0.3 is 0 Å². The van der Waals surface area contributed by atoms with Crippen molar-refractivity contribution >= 4 is 17.5 Å². The number of amides is 1. The van der Waals surface area contributed by atoms with E-state index in [4.69, 9.17) is 21.8 Å². The molecule has 0 saturated carbocycles. The number of halogens is 1. The smallest absolute Gasteiger partial charge is 0.276 e. The molecule has 1 unspecified atom stereocenters. The minimum atomic E-state index is -0.159. The highest BCUT2D eigenvalue weighted by Crippen LogP contribution is 2.30. The summed E-state index contributed by atoms with van der Waals surface area (Å²) in [5.74, 6) is 0.249. The molecule has 1 aliphatic heterocycles. The maximum absolute atomic E-state index is 12.6. The number of nitrogens with zero attached hydrogens (tertiary/aromatic N) is 2. The molecule has 1 amide bonds. The van der Waals surface area contributed by atoms with E-state index in [0.717, 1.165) is 12.8 Å². The Kier molecular flexibility index (Phi) is 3.94. The Labute approximate surface area is 127 Å². The number of rotatable bonds is 2. The first-order valence-corrected chi connectivity index (χ1v) is 7.28. The number of carbonyl (C=O) groups is 1. The van der Waals surface area contributed by atoms with Crippen LogP contribution in [0, 0.1) is 0 Å². The summed E-state index contributed by atoms with van der Waals surface area (Å²) < 4.78 is 5.40. The van der Waals surface area contributed by atoms with Crippen molar-refractivity contribution in [3.05, 3.63) is 41.4 Å². The fourth-order valence-electron chi connectivity index (χ4n) is 2.58. The van der Waals surface area contributed by atoms with Gasteiger partial charge in [0.15, 0.2) is 17.8 Å². The van der Waals surface area contributed by atoms with Crippen LogP contribution in [-0.2, 0) is 0 Å². The lowest BCUT2D eigenvalue weighted by atomic mass is 10.1. The first-order valence-electron chi connectivity index (χ1n) is 6.90. The van der Waals surface area contributed by atoms with Crippen LogP contribution in [-0.4, -0.2) is 34.9 Å². The minimum Gasteiger partial charge on any atom is -0.443 e. The van der Waals surface area contributed by atoms with Gasteiger partial charge in [0.25, 0.3) is 5.91 Å². The molecule has 1 atom stereocenters. The van der Waals surface area contributed by atoms with Crippen LogP contribution in [0.1, 0.15) is 23.3 Å². The number of hydrogen-bond donors (Lipinski definition) is 1. The average molecular weight is 306 g/mol. The third-order valence-electron chi connectivity index (χ3n) is 3.63. The van der Waals surface area contributed by atoms with Crippen molar-refractivity contribution in [2.24, 2.45) is 5.73 Å². The number of likely N-dealkylation sites (tertiary alicyclic amines) is 1. The second-order valence-corrected chi connectivity index (χ2v) is 5.57. The predicted octanol–water partition coefficient (Wildman–Crippen LogP) is 2.56. The van der Waals surface area contributed by atoms with Gasteiger partial charge in [-0.1, -0.05) is 23.7 Å². The van der Waals surface area contributed by atoms with Crippen molar-refractivity contribution in [3.8, 4) is 11.3 Å². The van der Waals surface area contributed by atoms with Crippen molar-refractivity contribution in [2.75, 3.05) is 13.1 Å². The lowest BCUT2D eigenvalue weighted by Gasteiger charge is -2.30. The lowest BCUT2D eigenvalue weighted by molar-refractivity contribution is 0.0704. The molecule has 0 radical (unpaired) electrons. The highest BCUT2D eigenvalue weighted by Gasteiger charge is 2.27. The van der Waals surface area contributed by atoms with Gasteiger partial charge in [-0.15, -0.1) is 0 Å². The Bertz CT molecular complexity index is 656. The molecule has 1 fully saturated rings. The fourth-order valence-corrected chi connectivity index (χ4v) is 2.80. The molecule has 0 bridgehead atoms. The molecule has 1 aromatic carbocycles. The molecule has 0 spiro atoms. The minimum absolute atomic E-state index is 0.0263. The molecule has 1 saturated heterocycles. The molecule has 6 heteroatoms. The highest BCUT2D eigenvalue weighted by atomic mass is 35.5. The molecular formula is C15H16ClN3O2. The third-order valence-corrected chi connectivity index (χ3v) is 3.96. The van der Waals surface area contributed by atoms with Crippen LogP contribution >= 0.6 is 11.6 Å². The van der Waals surface area contributed by atoms with Crippen LogP contribution in [0.3, 0.4) is 0 Å². The van der Waals surface area contributed by atoms with Crippen LogP contribution < -0.4 is 5.73 Å². The van der Waals surface area contributed by atoms with Gasteiger partial charge in [-0.3, -0.25) is 4.79 Å². The topological polar surface area (TPSA) is 72.4 Å². The quantitative estimate of drug-likeness (QED) is 0.925. The van der Waals surface area contributed by atoms with Crippen LogP contribution in [0.5, 0.6) is 0 Å². The summed E-state index contributed by atoms with van der Waals surface area (Å²) in [6.07, 6.45) is 3.13. The van der Waals surface area contributed by atoms with E-state index < -0.39 is 0 Å². The zero-order chi connectivity index (χ0) is 14.8. The van der Waals surface area contributed by atoms with E-state index in [1.165, 1.54) is 6.39 Å². The van der Waals surface area contributed by atoms with Gasteiger partial charge in [-0.25, -0.2) is 4.98 Å². The molecule has 3 rings (SSSR count). The van der Waals surface area contributed by atoms with Gasteiger partial charge in [-0.05, 0) is 25.0 Å². The Morgan fingerprint density at radius 1 is 1.43 bits per heavy atom. The van der Waals surface area contributed by atoms with Gasteiger partial charge in [0.1, 0.15) is 0 Å². The van der Waals surface area contributed by atoms with E-state index in [1.54, 1.807) is 11.0 Å². The maximum Gasteiger partial charge on any atom is 0.276 e. The summed E-state index contributed by atoms with van der Waals surface area (Å²) in [6.45, 7) is 1.25. The van der Waals surface area contributed by atoms with Gasteiger partial charge in [0.05, 0.1) is 5.02 Å². The summed E-state index contributed by atoms with van der Waals surface area (Å²) in [5.41, 5.74) is 6.89. The first-order chi connectivity index (χ1) is 10.2. The second-order valence-electron chi connectivity index (χ2n) is 5.16. The normalized spacial score (nSPS) is 18.8. The zero-order valence-electron chi connectivity index (χ0n) is 11.5. The molecular weight excluding hydrogens is 290 g/mol. The number of carbonyl (C=O) groups excluding carboxylic acids is 1. The third kappa shape index (κ3) is 2.80. The summed E-state index contributed by atoms with van der Waals surface area (Å²) in [5, 5.41) is 0.527. The van der Waals surface area contributed by atoms with Crippen molar-refractivity contribution in [1.82, 2.24) is 9.88 Å². The van der Waals surface area contributed by atoms with Crippen molar-refractivity contribution in [3.63, 3.8) is 0 Å². The Morgan fingerprint density at radius 2 is 2.24 bits per heavy atom. The van der Waals surface area contributed by atoms with Crippen LogP contribution in [0.4, 0.5) is 0 Å². The Morgan fingerprint density at radius 3 is 3.00 bits per heavy atom. The molecule has 2 aromatic rings. The van der Waals surface area contributed by atoms with Crippen LogP contribution in [0.15, 0.2) is 35.1 Å². The summed E-state index contributed by atoms with van der Waals surface area (Å²) in [4.78, 5) is 18.4. The molecule has 21 heavy (non-hydrogen) atoms. The van der Waals surface area contributed by atoms with E-state index in [1.807, 2.05) is 18.2 Å². The van der Waals surface area contributed by atoms with E-state index in [0.29, 0.717) is 29.4 Å². The van der Waals surface area contributed by atoms with Gasteiger partial charge in [-0.2, -0.15) is 0 Å². The van der Waals surface area contributed by atoms with Gasteiger partial charge < -0.3 is 15.1 Å². The molecule has 5 nitrogen and oxygen atoms in total. The molecule has 1 aromatic heterocycles. The largest absolute Gasteiger partial charge is 0.443 e. The predicted molar refractivity (Wildman–Crippen MR) is 80.1 cm³/mol. The molecule has 0 aliphatic carbocycles. The van der Waals surface area contributed by atoms with Crippen molar-refractivity contribution < 1.29 is 9.21 Å². The zero-order valence-corrected chi connectivity index (χ0v) is 12.2. The van der Waals surface area contributed by atoms with Crippen LogP contribution in [0.25, 0.3) is 11.3 Å². The van der Waals surface area contributed by atoms with E-state index in [9.17, 15) is 4.79 Å². The van der Waals surface area contributed by atoms with Crippen molar-refractivity contribution in [2.45, 2.75) is 18.9 Å². The summed E-state index contributed by atoms with van der Waals surface area (Å²) in [6, 6.07) is 7.26. The monoisotopic (exact) mass is 305 g/mol. The van der Waals surface area contributed by atoms with E-state index in [-0.39, 0.29) is 17.6 Å². The first kappa shape index (κ1) is 14.1. The van der Waals surface area contributed by atoms with Gasteiger partial charge in [0.2, 0.25) is 0 Å². The standard InChI is InChI=1S/C15H16ClN3O2/c16-12-6-2-1-5-11(12)14-13(18-9-21-14)15(20)19-7-3-4-10(17)8-19/h1-2,5-6,9-10H,3-4,7-8,17H2.